The molecule has 114 valence electrons. The van der Waals surface area contributed by atoms with E-state index in [1.54, 1.807) is 19.1 Å². The van der Waals surface area contributed by atoms with Gasteiger partial charge in [-0.15, -0.1) is 0 Å². The van der Waals surface area contributed by atoms with Crippen molar-refractivity contribution in [3.8, 4) is 11.1 Å². The lowest BCUT2D eigenvalue weighted by molar-refractivity contribution is -0.139. The van der Waals surface area contributed by atoms with E-state index in [0.29, 0.717) is 5.56 Å². The lowest BCUT2D eigenvalue weighted by Crippen LogP contribution is -2.29. The van der Waals surface area contributed by atoms with Gasteiger partial charge in [0.1, 0.15) is 4.75 Å². The predicted molar refractivity (Wildman–Crippen MR) is 92.8 cm³/mol. The summed E-state index contributed by atoms with van der Waals surface area (Å²) in [5.41, 5.74) is 2.64. The molecule has 2 aromatic carbocycles. The zero-order valence-corrected chi connectivity index (χ0v) is 14.6. The average molecular weight is 379 g/mol. The van der Waals surface area contributed by atoms with Crippen LogP contribution in [0.3, 0.4) is 0 Å². The maximum atomic E-state index is 11.6. The highest BCUT2D eigenvalue weighted by Gasteiger charge is 2.37. The summed E-state index contributed by atoms with van der Waals surface area (Å²) in [5, 5.41) is 9.25. The van der Waals surface area contributed by atoms with E-state index < -0.39 is 10.7 Å². The number of carboxylic acid groups (broad SMARTS) is 1. The largest absolute Gasteiger partial charge is 0.480 e. The Morgan fingerprint density at radius 3 is 1.86 bits per heavy atom. The van der Waals surface area contributed by atoms with Gasteiger partial charge in [-0.05, 0) is 35.7 Å². The van der Waals surface area contributed by atoms with Crippen LogP contribution in [0.15, 0.2) is 53.0 Å². The van der Waals surface area contributed by atoms with Crippen molar-refractivity contribution in [2.45, 2.75) is 18.6 Å². The molecule has 0 aliphatic rings. The molecule has 0 aromatic heterocycles. The lowest BCUT2D eigenvalue weighted by Gasteiger charge is -2.23. The molecule has 0 spiro atoms. The molecule has 3 nitrogen and oxygen atoms in total. The van der Waals surface area contributed by atoms with E-state index in [1.807, 2.05) is 36.4 Å². The van der Waals surface area contributed by atoms with Crippen molar-refractivity contribution in [1.29, 1.82) is 0 Å². The molecule has 2 aromatic rings. The molecule has 0 saturated heterocycles. The Balaban J connectivity index is 2.36. The number of hydrogen-bond donors (Lipinski definition) is 1. The zero-order valence-electron chi connectivity index (χ0n) is 12.2. The van der Waals surface area contributed by atoms with Crippen LogP contribution < -0.4 is 0 Å². The number of halogens is 1. The molecule has 0 amide bonds. The summed E-state index contributed by atoms with van der Waals surface area (Å²) >= 11 is 4.22. The SMILES string of the molecule is CC(=O)SC(C)(C(=O)O)c1ccc(-c2ccc(Br)cc2)cc1. The summed E-state index contributed by atoms with van der Waals surface area (Å²) in [6, 6.07) is 15.2. The molecule has 0 aliphatic carbocycles. The van der Waals surface area contributed by atoms with Crippen LogP contribution in [-0.2, 0) is 14.3 Å². The highest BCUT2D eigenvalue weighted by atomic mass is 79.9. The Morgan fingerprint density at radius 1 is 1.00 bits per heavy atom. The smallest absolute Gasteiger partial charge is 0.324 e. The molecule has 0 fully saturated rings. The van der Waals surface area contributed by atoms with E-state index in [4.69, 9.17) is 0 Å². The highest BCUT2D eigenvalue weighted by Crippen LogP contribution is 2.37. The number of aliphatic carboxylic acids is 1. The molecule has 5 heteroatoms. The summed E-state index contributed by atoms with van der Waals surface area (Å²) in [6.45, 7) is 2.93. The van der Waals surface area contributed by atoms with Crippen molar-refractivity contribution in [3.05, 3.63) is 58.6 Å². The second-order valence-electron chi connectivity index (χ2n) is 5.02. The van der Waals surface area contributed by atoms with E-state index in [0.717, 1.165) is 27.4 Å². The molecule has 0 radical (unpaired) electrons. The van der Waals surface area contributed by atoms with Gasteiger partial charge in [-0.3, -0.25) is 9.59 Å². The van der Waals surface area contributed by atoms with Crippen molar-refractivity contribution < 1.29 is 14.7 Å². The number of rotatable bonds is 4. The number of hydrogen-bond acceptors (Lipinski definition) is 3. The standard InChI is InChI=1S/C17H15BrO3S/c1-11(19)22-17(2,16(20)21)14-7-3-12(4-8-14)13-5-9-15(18)10-6-13/h3-10H,1-2H3,(H,20,21). The van der Waals surface area contributed by atoms with Gasteiger partial charge >= 0.3 is 5.97 Å². The van der Waals surface area contributed by atoms with E-state index in [9.17, 15) is 14.7 Å². The van der Waals surface area contributed by atoms with Gasteiger partial charge in [0.15, 0.2) is 5.12 Å². The minimum absolute atomic E-state index is 0.220. The van der Waals surface area contributed by atoms with Crippen LogP contribution in [0, 0.1) is 0 Å². The number of carbonyl (C=O) groups is 2. The molecule has 0 saturated carbocycles. The summed E-state index contributed by atoms with van der Waals surface area (Å²) in [5.74, 6) is -1.02. The van der Waals surface area contributed by atoms with Crippen LogP contribution in [0.5, 0.6) is 0 Å². The van der Waals surface area contributed by atoms with Crippen LogP contribution in [0.4, 0.5) is 0 Å². The second kappa shape index (κ2) is 6.67. The van der Waals surface area contributed by atoms with Crippen LogP contribution in [0.2, 0.25) is 0 Å². The van der Waals surface area contributed by atoms with Crippen molar-refractivity contribution in [2.75, 3.05) is 0 Å². The Kier molecular flexibility index (Phi) is 5.08. The fourth-order valence-corrected chi connectivity index (χ4v) is 3.32. The third-order valence-corrected chi connectivity index (χ3v) is 5.00. The molecule has 1 atom stereocenters. The first-order chi connectivity index (χ1) is 10.3. The van der Waals surface area contributed by atoms with Crippen molar-refractivity contribution in [1.82, 2.24) is 0 Å². The Hall–Kier alpha value is -1.59. The first-order valence-electron chi connectivity index (χ1n) is 6.62. The normalized spacial score (nSPS) is 13.4. The summed E-state index contributed by atoms with van der Waals surface area (Å²) < 4.78 is -0.270. The topological polar surface area (TPSA) is 54.4 Å². The number of carbonyl (C=O) groups excluding carboxylic acids is 1. The Labute approximate surface area is 141 Å². The lowest BCUT2D eigenvalue weighted by atomic mass is 9.97. The van der Waals surface area contributed by atoms with Crippen LogP contribution >= 0.6 is 27.7 Å². The Morgan fingerprint density at radius 2 is 1.45 bits per heavy atom. The minimum Gasteiger partial charge on any atom is -0.480 e. The van der Waals surface area contributed by atoms with Gasteiger partial charge in [-0.1, -0.05) is 64.1 Å². The van der Waals surface area contributed by atoms with Gasteiger partial charge in [-0.25, -0.2) is 0 Å². The average Bonchev–Trinajstić information content (AvgIpc) is 2.47. The van der Waals surface area contributed by atoms with E-state index >= 15 is 0 Å². The number of carboxylic acids is 1. The maximum Gasteiger partial charge on any atom is 0.324 e. The van der Waals surface area contributed by atoms with E-state index in [1.165, 1.54) is 6.92 Å². The van der Waals surface area contributed by atoms with Crippen LogP contribution in [0.1, 0.15) is 19.4 Å². The van der Waals surface area contributed by atoms with Gasteiger partial charge in [0, 0.05) is 11.4 Å². The molecule has 0 bridgehead atoms. The molecule has 1 N–H and O–H groups in total. The zero-order chi connectivity index (χ0) is 16.3. The summed E-state index contributed by atoms with van der Waals surface area (Å²) in [7, 11) is 0. The van der Waals surface area contributed by atoms with Gasteiger partial charge in [0.05, 0.1) is 0 Å². The highest BCUT2D eigenvalue weighted by molar-refractivity contribution is 9.10. The quantitative estimate of drug-likeness (QED) is 0.837. The first kappa shape index (κ1) is 16.8. The molecule has 22 heavy (non-hydrogen) atoms. The van der Waals surface area contributed by atoms with Crippen LogP contribution in [-0.4, -0.2) is 16.2 Å². The van der Waals surface area contributed by atoms with Gasteiger partial charge in [0.25, 0.3) is 0 Å². The van der Waals surface area contributed by atoms with Gasteiger partial charge < -0.3 is 5.11 Å². The molecular weight excluding hydrogens is 364 g/mol. The first-order valence-corrected chi connectivity index (χ1v) is 8.23. The maximum absolute atomic E-state index is 11.6. The third-order valence-electron chi connectivity index (χ3n) is 3.37. The van der Waals surface area contributed by atoms with E-state index in [2.05, 4.69) is 15.9 Å². The predicted octanol–water partition coefficient (Wildman–Crippen LogP) is 4.70. The second-order valence-corrected chi connectivity index (χ2v) is 7.53. The monoisotopic (exact) mass is 378 g/mol. The molecule has 0 heterocycles. The summed E-state index contributed by atoms with van der Waals surface area (Å²) in [6.07, 6.45) is 0. The van der Waals surface area contributed by atoms with Crippen molar-refractivity contribution >= 4 is 38.8 Å². The molecule has 1 unspecified atom stereocenters. The Bertz CT molecular complexity index is 695. The number of thioether (sulfide) groups is 1. The minimum atomic E-state index is -1.27. The molecule has 2 rings (SSSR count). The van der Waals surface area contributed by atoms with E-state index in [-0.39, 0.29) is 5.12 Å². The van der Waals surface area contributed by atoms with Gasteiger partial charge in [0.2, 0.25) is 0 Å². The third kappa shape index (κ3) is 3.59. The van der Waals surface area contributed by atoms with Crippen LogP contribution in [0.25, 0.3) is 11.1 Å². The fourth-order valence-electron chi connectivity index (χ4n) is 2.14. The molecular formula is C17H15BrO3S. The van der Waals surface area contributed by atoms with Crippen molar-refractivity contribution in [3.63, 3.8) is 0 Å². The summed E-state index contributed by atoms with van der Waals surface area (Å²) in [4.78, 5) is 22.9. The number of benzene rings is 2. The molecule has 0 aliphatic heterocycles. The van der Waals surface area contributed by atoms with Crippen molar-refractivity contribution in [2.24, 2.45) is 0 Å². The van der Waals surface area contributed by atoms with Gasteiger partial charge in [-0.2, -0.15) is 0 Å². The fraction of sp³-hybridized carbons (Fsp3) is 0.176.